The highest BCUT2D eigenvalue weighted by Crippen LogP contribution is 2.29. The molecule has 3 heterocycles. The van der Waals surface area contributed by atoms with Gasteiger partial charge in [0.25, 0.3) is 0 Å². The summed E-state index contributed by atoms with van der Waals surface area (Å²) in [6.45, 7) is 0. The Labute approximate surface area is 116 Å². The molecule has 1 aromatic carbocycles. The summed E-state index contributed by atoms with van der Waals surface area (Å²) in [5.41, 5.74) is 3.61. The van der Waals surface area contributed by atoms with E-state index in [0.29, 0.717) is 0 Å². The van der Waals surface area contributed by atoms with Crippen molar-refractivity contribution in [1.82, 2.24) is 15.0 Å². The van der Waals surface area contributed by atoms with E-state index in [9.17, 15) is 0 Å². The van der Waals surface area contributed by atoms with Gasteiger partial charge in [-0.05, 0) is 18.2 Å². The van der Waals surface area contributed by atoms with Gasteiger partial charge >= 0.3 is 0 Å². The molecule has 4 aromatic rings. The molecule has 0 saturated heterocycles. The quantitative estimate of drug-likeness (QED) is 0.486. The second-order valence-corrected chi connectivity index (χ2v) is 4.60. The summed E-state index contributed by atoms with van der Waals surface area (Å²) in [4.78, 5) is 13.6. The molecule has 4 rings (SSSR count). The van der Waals surface area contributed by atoms with Gasteiger partial charge in [0.05, 0.1) is 11.2 Å². The van der Waals surface area contributed by atoms with Gasteiger partial charge in [-0.3, -0.25) is 4.98 Å². The minimum absolute atomic E-state index is 0.756. The van der Waals surface area contributed by atoms with E-state index in [1.807, 2.05) is 48.5 Å². The highest BCUT2D eigenvalue weighted by atomic mass is 14.9. The zero-order valence-electron chi connectivity index (χ0n) is 10.7. The van der Waals surface area contributed by atoms with E-state index in [-0.39, 0.29) is 0 Å². The van der Waals surface area contributed by atoms with Crippen molar-refractivity contribution >= 4 is 21.9 Å². The molecule has 0 unspecified atom stereocenters. The summed E-state index contributed by atoms with van der Waals surface area (Å²) in [5.74, 6) is 0. The number of hydrogen-bond acceptors (Lipinski definition) is 3. The number of aromatic nitrogens is 3. The molecular formula is C17H11N3. The Balaban J connectivity index is 2.19. The zero-order chi connectivity index (χ0) is 13.4. The number of nitrogens with zero attached hydrogens (tertiary/aromatic N) is 3. The third-order valence-corrected chi connectivity index (χ3v) is 3.37. The molecule has 0 N–H and O–H groups in total. The Morgan fingerprint density at radius 3 is 2.25 bits per heavy atom. The van der Waals surface area contributed by atoms with Gasteiger partial charge in [0.1, 0.15) is 0 Å². The highest BCUT2D eigenvalue weighted by Gasteiger charge is 2.10. The molecule has 0 radical (unpaired) electrons. The molecule has 0 bridgehead atoms. The summed E-state index contributed by atoms with van der Waals surface area (Å²) in [7, 11) is 0. The number of benzene rings is 1. The molecule has 0 aliphatic carbocycles. The number of fused-ring (bicyclic) bond motifs is 3. The van der Waals surface area contributed by atoms with Crippen molar-refractivity contribution in [3.05, 3.63) is 67.0 Å². The van der Waals surface area contributed by atoms with Crippen LogP contribution in [0.25, 0.3) is 33.2 Å². The van der Waals surface area contributed by atoms with Crippen molar-refractivity contribution in [1.29, 1.82) is 0 Å². The number of pyridine rings is 3. The number of hydrogen-bond donors (Lipinski definition) is 0. The average molecular weight is 257 g/mol. The lowest BCUT2D eigenvalue weighted by Gasteiger charge is -2.08. The molecule has 0 saturated carbocycles. The molecule has 0 fully saturated rings. The lowest BCUT2D eigenvalue weighted by molar-refractivity contribution is 1.28. The minimum Gasteiger partial charge on any atom is -0.254 e. The third-order valence-electron chi connectivity index (χ3n) is 3.37. The van der Waals surface area contributed by atoms with Crippen molar-refractivity contribution in [3.63, 3.8) is 0 Å². The molecular weight excluding hydrogens is 246 g/mol. The molecule has 3 nitrogen and oxygen atoms in total. The van der Waals surface area contributed by atoms with Crippen LogP contribution >= 0.6 is 0 Å². The van der Waals surface area contributed by atoms with E-state index < -0.39 is 0 Å². The lowest BCUT2D eigenvalue weighted by atomic mass is 10.1. The van der Waals surface area contributed by atoms with Crippen molar-refractivity contribution < 1.29 is 0 Å². The van der Waals surface area contributed by atoms with Crippen LogP contribution in [0.3, 0.4) is 0 Å². The fourth-order valence-electron chi connectivity index (χ4n) is 2.46. The maximum atomic E-state index is 4.70. The van der Waals surface area contributed by atoms with Crippen LogP contribution in [0.2, 0.25) is 0 Å². The van der Waals surface area contributed by atoms with E-state index in [0.717, 1.165) is 33.2 Å². The van der Waals surface area contributed by atoms with E-state index in [1.54, 1.807) is 12.4 Å². The van der Waals surface area contributed by atoms with Crippen molar-refractivity contribution in [3.8, 4) is 11.3 Å². The Morgan fingerprint density at radius 2 is 1.40 bits per heavy atom. The maximum absolute atomic E-state index is 4.70. The first-order valence-corrected chi connectivity index (χ1v) is 6.48. The summed E-state index contributed by atoms with van der Waals surface area (Å²) in [6.07, 6.45) is 3.57. The number of rotatable bonds is 1. The van der Waals surface area contributed by atoms with Gasteiger partial charge in [0.2, 0.25) is 0 Å². The molecule has 3 heteroatoms. The molecule has 20 heavy (non-hydrogen) atoms. The minimum atomic E-state index is 0.756. The normalized spacial score (nSPS) is 11.0. The third kappa shape index (κ3) is 1.64. The Morgan fingerprint density at radius 1 is 0.650 bits per heavy atom. The summed E-state index contributed by atoms with van der Waals surface area (Å²) >= 11 is 0. The van der Waals surface area contributed by atoms with Gasteiger partial charge in [-0.2, -0.15) is 0 Å². The van der Waals surface area contributed by atoms with Crippen LogP contribution in [0.15, 0.2) is 67.0 Å². The predicted octanol–water partition coefficient (Wildman–Crippen LogP) is 3.85. The topological polar surface area (TPSA) is 38.7 Å². The van der Waals surface area contributed by atoms with Crippen molar-refractivity contribution in [2.75, 3.05) is 0 Å². The first-order chi connectivity index (χ1) is 9.93. The van der Waals surface area contributed by atoms with Crippen molar-refractivity contribution in [2.24, 2.45) is 0 Å². The second-order valence-electron chi connectivity index (χ2n) is 4.60. The lowest BCUT2D eigenvalue weighted by Crippen LogP contribution is -1.92. The molecule has 0 atom stereocenters. The largest absolute Gasteiger partial charge is 0.254 e. The van der Waals surface area contributed by atoms with Crippen LogP contribution in [-0.4, -0.2) is 15.0 Å². The standard InChI is InChI=1S/C17H11N3/c1-2-6-12(7-3-1)15-16-13(8-4-10-18-16)14-9-5-11-19-17(14)20-15/h1-11H. The van der Waals surface area contributed by atoms with E-state index >= 15 is 0 Å². The summed E-state index contributed by atoms with van der Waals surface area (Å²) in [6, 6.07) is 18.1. The fraction of sp³-hybridized carbons (Fsp3) is 0. The van der Waals surface area contributed by atoms with E-state index in [4.69, 9.17) is 4.98 Å². The Bertz CT molecular complexity index is 901. The van der Waals surface area contributed by atoms with Gasteiger partial charge in [-0.15, -0.1) is 0 Å². The fourth-order valence-corrected chi connectivity index (χ4v) is 2.46. The monoisotopic (exact) mass is 257 g/mol. The SMILES string of the molecule is c1ccc(-c2nc3ncccc3c3cccnc23)cc1. The molecule has 0 spiro atoms. The summed E-state index contributed by atoms with van der Waals surface area (Å²) in [5, 5.41) is 2.12. The highest BCUT2D eigenvalue weighted by molar-refractivity contribution is 6.07. The Kier molecular flexibility index (Phi) is 2.42. The van der Waals surface area contributed by atoms with Gasteiger partial charge in [0, 0.05) is 28.7 Å². The first kappa shape index (κ1) is 11.1. The summed E-state index contributed by atoms with van der Waals surface area (Å²) < 4.78 is 0. The van der Waals surface area contributed by atoms with Crippen LogP contribution < -0.4 is 0 Å². The first-order valence-electron chi connectivity index (χ1n) is 6.48. The van der Waals surface area contributed by atoms with Crippen LogP contribution in [0, 0.1) is 0 Å². The zero-order valence-corrected chi connectivity index (χ0v) is 10.7. The van der Waals surface area contributed by atoms with Gasteiger partial charge < -0.3 is 0 Å². The van der Waals surface area contributed by atoms with Gasteiger partial charge in [0.15, 0.2) is 5.65 Å². The van der Waals surface area contributed by atoms with Crippen LogP contribution in [-0.2, 0) is 0 Å². The van der Waals surface area contributed by atoms with E-state index in [1.165, 1.54) is 0 Å². The maximum Gasteiger partial charge on any atom is 0.160 e. The molecule has 0 aliphatic heterocycles. The van der Waals surface area contributed by atoms with Gasteiger partial charge in [-0.25, -0.2) is 9.97 Å². The van der Waals surface area contributed by atoms with Crippen molar-refractivity contribution in [2.45, 2.75) is 0 Å². The second kappa shape index (κ2) is 4.38. The molecule has 94 valence electrons. The van der Waals surface area contributed by atoms with Gasteiger partial charge in [-0.1, -0.05) is 36.4 Å². The average Bonchev–Trinajstić information content (AvgIpc) is 2.55. The molecule has 3 aromatic heterocycles. The Hall–Kier alpha value is -2.81. The molecule has 0 amide bonds. The van der Waals surface area contributed by atoms with E-state index in [2.05, 4.69) is 16.0 Å². The van der Waals surface area contributed by atoms with Crippen LogP contribution in [0.5, 0.6) is 0 Å². The van der Waals surface area contributed by atoms with Crippen LogP contribution in [0.1, 0.15) is 0 Å². The molecule has 0 aliphatic rings. The smallest absolute Gasteiger partial charge is 0.160 e. The van der Waals surface area contributed by atoms with Crippen LogP contribution in [0.4, 0.5) is 0 Å². The predicted molar refractivity (Wildman–Crippen MR) is 80.3 cm³/mol.